The maximum atomic E-state index is 12.5. The van der Waals surface area contributed by atoms with Crippen LogP contribution >= 0.6 is 11.8 Å². The Hall–Kier alpha value is -3.58. The summed E-state index contributed by atoms with van der Waals surface area (Å²) in [5.41, 5.74) is 5.46. The van der Waals surface area contributed by atoms with E-state index in [0.717, 1.165) is 34.0 Å². The van der Waals surface area contributed by atoms with Crippen molar-refractivity contribution in [3.63, 3.8) is 0 Å². The van der Waals surface area contributed by atoms with Crippen LogP contribution < -0.4 is 10.1 Å². The number of thioether (sulfide) groups is 1. The Kier molecular flexibility index (Phi) is 7.65. The molecule has 0 radical (unpaired) electrons. The number of carbonyl (C=O) groups excluding carboxylic acids is 1. The van der Waals surface area contributed by atoms with Crippen LogP contribution in [0.15, 0.2) is 78.0 Å². The van der Waals surface area contributed by atoms with E-state index in [1.54, 1.807) is 0 Å². The van der Waals surface area contributed by atoms with Crippen molar-refractivity contribution in [2.75, 3.05) is 5.75 Å². The van der Waals surface area contributed by atoms with E-state index in [9.17, 15) is 4.79 Å². The van der Waals surface area contributed by atoms with Crippen LogP contribution in [0.25, 0.3) is 5.69 Å². The number of hydrogen-bond acceptors (Lipinski definition) is 5. The summed E-state index contributed by atoms with van der Waals surface area (Å²) in [5.74, 6) is 1.87. The van der Waals surface area contributed by atoms with Gasteiger partial charge in [0.15, 0.2) is 5.16 Å². The minimum absolute atomic E-state index is 0.0466. The lowest BCUT2D eigenvalue weighted by Gasteiger charge is -2.12. The van der Waals surface area contributed by atoms with Crippen LogP contribution in [0.2, 0.25) is 0 Å². The van der Waals surface area contributed by atoms with Crippen molar-refractivity contribution in [1.82, 2.24) is 20.1 Å². The lowest BCUT2D eigenvalue weighted by Crippen LogP contribution is -2.24. The van der Waals surface area contributed by atoms with E-state index in [2.05, 4.69) is 47.6 Å². The molecule has 174 valence electrons. The standard InChI is InChI=1S/C27H28N4O2S/c1-19-9-10-20(2)25(15-19)31-21(3)29-30-27(31)34-18-26(32)28-16-22-11-13-23(14-12-22)17-33-24-7-5-4-6-8-24/h4-15H,16-18H2,1-3H3,(H,28,32). The fourth-order valence-corrected chi connectivity index (χ4v) is 4.31. The van der Waals surface area contributed by atoms with E-state index < -0.39 is 0 Å². The molecule has 0 saturated carbocycles. The molecule has 1 N–H and O–H groups in total. The van der Waals surface area contributed by atoms with Crippen molar-refractivity contribution >= 4 is 17.7 Å². The summed E-state index contributed by atoms with van der Waals surface area (Å²) in [4.78, 5) is 12.5. The number of hydrogen-bond donors (Lipinski definition) is 1. The van der Waals surface area contributed by atoms with E-state index in [1.807, 2.05) is 66.1 Å². The van der Waals surface area contributed by atoms with Crippen LogP contribution in [0.5, 0.6) is 5.75 Å². The quantitative estimate of drug-likeness (QED) is 0.340. The summed E-state index contributed by atoms with van der Waals surface area (Å²) in [5, 5.41) is 12.2. The molecular weight excluding hydrogens is 444 g/mol. The average molecular weight is 473 g/mol. The number of benzene rings is 3. The smallest absolute Gasteiger partial charge is 0.230 e. The van der Waals surface area contributed by atoms with E-state index in [4.69, 9.17) is 4.74 Å². The van der Waals surface area contributed by atoms with Gasteiger partial charge in [-0.3, -0.25) is 9.36 Å². The number of nitrogens with zero attached hydrogens (tertiary/aromatic N) is 3. The summed E-state index contributed by atoms with van der Waals surface area (Å²) in [6.07, 6.45) is 0. The zero-order chi connectivity index (χ0) is 23.9. The molecule has 0 aliphatic heterocycles. The number of amides is 1. The van der Waals surface area contributed by atoms with Crippen LogP contribution in [0.4, 0.5) is 0 Å². The van der Waals surface area contributed by atoms with Crippen molar-refractivity contribution in [3.05, 3.63) is 101 Å². The normalized spacial score (nSPS) is 10.8. The van der Waals surface area contributed by atoms with Gasteiger partial charge in [-0.25, -0.2) is 0 Å². The van der Waals surface area contributed by atoms with Crippen LogP contribution in [0.3, 0.4) is 0 Å². The van der Waals surface area contributed by atoms with Gasteiger partial charge >= 0.3 is 0 Å². The highest BCUT2D eigenvalue weighted by molar-refractivity contribution is 7.99. The van der Waals surface area contributed by atoms with E-state index in [0.29, 0.717) is 18.3 Å². The van der Waals surface area contributed by atoms with Crippen LogP contribution in [-0.2, 0) is 17.9 Å². The zero-order valence-electron chi connectivity index (χ0n) is 19.6. The van der Waals surface area contributed by atoms with Gasteiger partial charge in [-0.1, -0.05) is 66.4 Å². The minimum atomic E-state index is -0.0466. The maximum absolute atomic E-state index is 12.5. The molecule has 0 spiro atoms. The van der Waals surface area contributed by atoms with Gasteiger partial charge in [0.2, 0.25) is 5.91 Å². The maximum Gasteiger partial charge on any atom is 0.230 e. The predicted octanol–water partition coefficient (Wildman–Crippen LogP) is 5.18. The summed E-state index contributed by atoms with van der Waals surface area (Å²) >= 11 is 1.39. The highest BCUT2D eigenvalue weighted by atomic mass is 32.2. The van der Waals surface area contributed by atoms with Gasteiger partial charge in [-0.05, 0) is 61.2 Å². The van der Waals surface area contributed by atoms with Gasteiger partial charge in [-0.15, -0.1) is 10.2 Å². The second-order valence-corrected chi connectivity index (χ2v) is 9.08. The topological polar surface area (TPSA) is 69.0 Å². The Balaban J connectivity index is 1.29. The lowest BCUT2D eigenvalue weighted by atomic mass is 10.1. The van der Waals surface area contributed by atoms with Crippen LogP contribution in [-0.4, -0.2) is 26.4 Å². The molecule has 7 heteroatoms. The molecule has 0 bridgehead atoms. The van der Waals surface area contributed by atoms with Crippen molar-refractivity contribution in [2.24, 2.45) is 0 Å². The predicted molar refractivity (Wildman–Crippen MR) is 135 cm³/mol. The Bertz CT molecular complexity index is 1250. The van der Waals surface area contributed by atoms with E-state index >= 15 is 0 Å². The molecule has 0 fully saturated rings. The van der Waals surface area contributed by atoms with Gasteiger partial charge < -0.3 is 10.1 Å². The Morgan fingerprint density at radius 1 is 0.941 bits per heavy atom. The number of ether oxygens (including phenoxy) is 1. The number of nitrogens with one attached hydrogen (secondary N) is 1. The molecular formula is C27H28N4O2S. The first-order valence-electron chi connectivity index (χ1n) is 11.1. The highest BCUT2D eigenvalue weighted by Gasteiger charge is 2.15. The molecule has 34 heavy (non-hydrogen) atoms. The largest absolute Gasteiger partial charge is 0.489 e. The summed E-state index contributed by atoms with van der Waals surface area (Å²) in [6, 6.07) is 24.1. The van der Waals surface area contributed by atoms with Gasteiger partial charge in [0.25, 0.3) is 0 Å². The first-order valence-corrected chi connectivity index (χ1v) is 12.1. The summed E-state index contributed by atoms with van der Waals surface area (Å²) in [6.45, 7) is 7.03. The lowest BCUT2D eigenvalue weighted by molar-refractivity contribution is -0.118. The summed E-state index contributed by atoms with van der Waals surface area (Å²) in [7, 11) is 0. The Morgan fingerprint density at radius 3 is 2.44 bits per heavy atom. The number of aryl methyl sites for hydroxylation is 3. The van der Waals surface area contributed by atoms with Gasteiger partial charge in [0, 0.05) is 6.54 Å². The monoisotopic (exact) mass is 472 g/mol. The third kappa shape index (κ3) is 6.05. The van der Waals surface area contributed by atoms with Crippen molar-refractivity contribution in [2.45, 2.75) is 39.1 Å². The summed E-state index contributed by atoms with van der Waals surface area (Å²) < 4.78 is 7.79. The minimum Gasteiger partial charge on any atom is -0.489 e. The van der Waals surface area contributed by atoms with Crippen molar-refractivity contribution in [1.29, 1.82) is 0 Å². The highest BCUT2D eigenvalue weighted by Crippen LogP contribution is 2.24. The molecule has 0 unspecified atom stereocenters. The van der Waals surface area contributed by atoms with Crippen LogP contribution in [0.1, 0.15) is 28.1 Å². The first-order chi connectivity index (χ1) is 16.5. The van der Waals surface area contributed by atoms with Crippen molar-refractivity contribution in [3.8, 4) is 11.4 Å². The molecule has 1 amide bonds. The third-order valence-electron chi connectivity index (χ3n) is 5.39. The fraction of sp³-hybridized carbons (Fsp3) is 0.222. The zero-order valence-corrected chi connectivity index (χ0v) is 20.4. The molecule has 3 aromatic carbocycles. The molecule has 4 aromatic rings. The molecule has 0 aliphatic rings. The Morgan fingerprint density at radius 2 is 1.68 bits per heavy atom. The Labute approximate surface area is 204 Å². The second kappa shape index (κ2) is 11.0. The SMILES string of the molecule is Cc1ccc(C)c(-n2c(C)nnc2SCC(=O)NCc2ccc(COc3ccccc3)cc2)c1. The molecule has 0 atom stereocenters. The van der Waals surface area contributed by atoms with Gasteiger partial charge in [0.05, 0.1) is 11.4 Å². The first kappa shape index (κ1) is 23.6. The molecule has 1 heterocycles. The van der Waals surface area contributed by atoms with E-state index in [-0.39, 0.29) is 11.7 Å². The second-order valence-electron chi connectivity index (χ2n) is 8.14. The molecule has 0 saturated heterocycles. The number of rotatable bonds is 9. The third-order valence-corrected chi connectivity index (χ3v) is 6.32. The van der Waals surface area contributed by atoms with Crippen molar-refractivity contribution < 1.29 is 9.53 Å². The van der Waals surface area contributed by atoms with Gasteiger partial charge in [0.1, 0.15) is 18.2 Å². The molecule has 6 nitrogen and oxygen atoms in total. The molecule has 0 aliphatic carbocycles. The molecule has 4 rings (SSSR count). The van der Waals surface area contributed by atoms with Crippen LogP contribution in [0, 0.1) is 20.8 Å². The molecule has 1 aromatic heterocycles. The fourth-order valence-electron chi connectivity index (χ4n) is 3.49. The number of carbonyl (C=O) groups is 1. The van der Waals surface area contributed by atoms with Gasteiger partial charge in [-0.2, -0.15) is 0 Å². The number of aromatic nitrogens is 3. The van der Waals surface area contributed by atoms with E-state index in [1.165, 1.54) is 17.3 Å². The number of para-hydroxylation sites is 1. The average Bonchev–Trinajstić information content (AvgIpc) is 3.23.